The molecule has 128 valence electrons. The fourth-order valence-electron chi connectivity index (χ4n) is 2.48. The van der Waals surface area contributed by atoms with Crippen molar-refractivity contribution in [3.63, 3.8) is 0 Å². The molecule has 0 unspecified atom stereocenters. The Hall–Kier alpha value is -3.08. The van der Waals surface area contributed by atoms with E-state index < -0.39 is 17.4 Å². The van der Waals surface area contributed by atoms with Gasteiger partial charge in [-0.05, 0) is 17.7 Å². The van der Waals surface area contributed by atoms with Crippen LogP contribution in [-0.4, -0.2) is 32.9 Å². The van der Waals surface area contributed by atoms with E-state index in [2.05, 4.69) is 31.5 Å². The SMILES string of the molecule is C#CCCC1(CCNC(=O)c2ccc(Cn3cncn3)cc2F)N=N1. The van der Waals surface area contributed by atoms with Crippen LogP contribution in [0.25, 0.3) is 0 Å². The monoisotopic (exact) mass is 340 g/mol. The molecule has 3 rings (SSSR count). The minimum atomic E-state index is -0.571. The number of rotatable bonds is 8. The number of benzene rings is 1. The second-order valence-corrected chi connectivity index (χ2v) is 5.80. The molecule has 0 aliphatic carbocycles. The number of carbonyl (C=O) groups is 1. The van der Waals surface area contributed by atoms with Crippen LogP contribution in [0.15, 0.2) is 41.1 Å². The van der Waals surface area contributed by atoms with Crippen LogP contribution in [-0.2, 0) is 6.54 Å². The molecule has 1 aromatic carbocycles. The zero-order valence-electron chi connectivity index (χ0n) is 13.5. The van der Waals surface area contributed by atoms with Gasteiger partial charge in [-0.1, -0.05) is 6.07 Å². The first-order valence-corrected chi connectivity index (χ1v) is 7.88. The third-order valence-electron chi connectivity index (χ3n) is 3.95. The molecule has 1 aliphatic rings. The molecular formula is C17H17FN6O. The highest BCUT2D eigenvalue weighted by Crippen LogP contribution is 2.36. The van der Waals surface area contributed by atoms with Crippen molar-refractivity contribution < 1.29 is 9.18 Å². The number of nitrogens with one attached hydrogen (secondary N) is 1. The molecule has 0 fully saturated rings. The Morgan fingerprint density at radius 2 is 2.20 bits per heavy atom. The molecule has 1 amide bonds. The van der Waals surface area contributed by atoms with Gasteiger partial charge in [-0.3, -0.25) is 4.79 Å². The highest BCUT2D eigenvalue weighted by molar-refractivity contribution is 5.94. The Balaban J connectivity index is 1.53. The van der Waals surface area contributed by atoms with E-state index >= 15 is 0 Å². The largest absolute Gasteiger partial charge is 0.352 e. The quantitative estimate of drug-likeness (QED) is 0.747. The molecule has 2 heterocycles. The van der Waals surface area contributed by atoms with E-state index in [-0.39, 0.29) is 5.56 Å². The molecule has 25 heavy (non-hydrogen) atoms. The van der Waals surface area contributed by atoms with Crippen molar-refractivity contribution in [1.29, 1.82) is 0 Å². The number of hydrogen-bond donors (Lipinski definition) is 1. The van der Waals surface area contributed by atoms with E-state index in [1.807, 2.05) is 0 Å². The van der Waals surface area contributed by atoms with Crippen LogP contribution in [0.1, 0.15) is 35.2 Å². The van der Waals surface area contributed by atoms with E-state index in [0.29, 0.717) is 37.9 Å². The lowest BCUT2D eigenvalue weighted by Gasteiger charge is -2.11. The lowest BCUT2D eigenvalue weighted by atomic mass is 10.0. The molecular weight excluding hydrogens is 323 g/mol. The van der Waals surface area contributed by atoms with Crippen molar-refractivity contribution in [2.24, 2.45) is 10.2 Å². The smallest absolute Gasteiger partial charge is 0.254 e. The van der Waals surface area contributed by atoms with Gasteiger partial charge >= 0.3 is 0 Å². The van der Waals surface area contributed by atoms with Crippen molar-refractivity contribution in [3.8, 4) is 12.3 Å². The number of aromatic nitrogens is 3. The number of halogens is 1. The fourth-order valence-corrected chi connectivity index (χ4v) is 2.48. The molecule has 0 saturated carbocycles. The minimum absolute atomic E-state index is 0.00434. The lowest BCUT2D eigenvalue weighted by molar-refractivity contribution is 0.0948. The molecule has 0 atom stereocenters. The number of nitrogens with zero attached hydrogens (tertiary/aromatic N) is 5. The van der Waals surface area contributed by atoms with Crippen LogP contribution >= 0.6 is 0 Å². The predicted molar refractivity (Wildman–Crippen MR) is 88.1 cm³/mol. The summed E-state index contributed by atoms with van der Waals surface area (Å²) in [7, 11) is 0. The number of hydrogen-bond acceptors (Lipinski definition) is 5. The molecule has 2 aromatic rings. The van der Waals surface area contributed by atoms with Crippen LogP contribution < -0.4 is 5.32 Å². The van der Waals surface area contributed by atoms with Gasteiger partial charge in [-0.25, -0.2) is 14.1 Å². The molecule has 1 aromatic heterocycles. The summed E-state index contributed by atoms with van der Waals surface area (Å²) in [5, 5.41) is 14.7. The average molecular weight is 340 g/mol. The van der Waals surface area contributed by atoms with Crippen LogP contribution in [0.2, 0.25) is 0 Å². The predicted octanol–water partition coefficient (Wildman–Crippen LogP) is 2.16. The van der Waals surface area contributed by atoms with Gasteiger partial charge in [0, 0.05) is 25.8 Å². The van der Waals surface area contributed by atoms with Crippen molar-refractivity contribution in [1.82, 2.24) is 20.1 Å². The maximum atomic E-state index is 14.2. The van der Waals surface area contributed by atoms with Crippen LogP contribution in [0.5, 0.6) is 0 Å². The molecule has 0 radical (unpaired) electrons. The van der Waals surface area contributed by atoms with Crippen LogP contribution in [0.4, 0.5) is 4.39 Å². The van der Waals surface area contributed by atoms with Crippen molar-refractivity contribution >= 4 is 5.91 Å². The Labute approximate surface area is 144 Å². The van der Waals surface area contributed by atoms with Crippen molar-refractivity contribution in [2.75, 3.05) is 6.54 Å². The van der Waals surface area contributed by atoms with E-state index in [1.165, 1.54) is 18.5 Å². The summed E-state index contributed by atoms with van der Waals surface area (Å²) in [5.74, 6) is 1.52. The van der Waals surface area contributed by atoms with Gasteiger partial charge in [-0.2, -0.15) is 15.3 Å². The first kappa shape index (κ1) is 16.8. The summed E-state index contributed by atoms with van der Waals surface area (Å²) in [6, 6.07) is 4.49. The molecule has 0 bridgehead atoms. The zero-order chi connectivity index (χ0) is 17.7. The molecule has 8 heteroatoms. The first-order chi connectivity index (χ1) is 12.1. The first-order valence-electron chi connectivity index (χ1n) is 7.88. The summed E-state index contributed by atoms with van der Waals surface area (Å²) in [6.45, 7) is 0.746. The molecule has 0 spiro atoms. The van der Waals surface area contributed by atoms with Crippen molar-refractivity contribution in [3.05, 3.63) is 47.8 Å². The highest BCUT2D eigenvalue weighted by Gasteiger charge is 2.38. The fraction of sp³-hybridized carbons (Fsp3) is 0.353. The Kier molecular flexibility index (Phi) is 4.84. The van der Waals surface area contributed by atoms with Crippen LogP contribution in [0, 0.1) is 18.2 Å². The Bertz CT molecular complexity index is 818. The van der Waals surface area contributed by atoms with Gasteiger partial charge in [0.2, 0.25) is 0 Å². The number of carbonyl (C=O) groups excluding carboxylic acids is 1. The van der Waals surface area contributed by atoms with E-state index in [1.54, 1.807) is 17.1 Å². The van der Waals surface area contributed by atoms with Crippen LogP contribution in [0.3, 0.4) is 0 Å². The molecule has 1 aliphatic heterocycles. The van der Waals surface area contributed by atoms with E-state index in [0.717, 1.165) is 0 Å². The second-order valence-electron chi connectivity index (χ2n) is 5.80. The summed E-state index contributed by atoms with van der Waals surface area (Å²) in [6.07, 6.45) is 10.0. The lowest BCUT2D eigenvalue weighted by Crippen LogP contribution is -2.29. The van der Waals surface area contributed by atoms with Gasteiger partial charge in [-0.15, -0.1) is 12.3 Å². The topological polar surface area (TPSA) is 84.5 Å². The minimum Gasteiger partial charge on any atom is -0.352 e. The zero-order valence-corrected chi connectivity index (χ0v) is 13.5. The number of terminal acetylenes is 1. The third kappa shape index (κ3) is 4.26. The Morgan fingerprint density at radius 3 is 2.84 bits per heavy atom. The highest BCUT2D eigenvalue weighted by atomic mass is 19.1. The van der Waals surface area contributed by atoms with Crippen molar-refractivity contribution in [2.45, 2.75) is 31.5 Å². The van der Waals surface area contributed by atoms with Gasteiger partial charge in [0.15, 0.2) is 5.66 Å². The normalized spacial score (nSPS) is 14.1. The molecule has 0 saturated heterocycles. The van der Waals surface area contributed by atoms with Gasteiger partial charge < -0.3 is 5.32 Å². The summed E-state index contributed by atoms with van der Waals surface area (Å²) in [4.78, 5) is 16.0. The molecule has 1 N–H and O–H groups in total. The van der Waals surface area contributed by atoms with E-state index in [4.69, 9.17) is 6.42 Å². The standard InChI is InChI=1S/C17H17FN6O/c1-2-3-6-17(22-23-17)7-8-20-16(25)14-5-4-13(9-15(14)18)10-24-12-19-11-21-24/h1,4-5,9,11-12H,3,6-8,10H2,(H,20,25). The number of amides is 1. The Morgan fingerprint density at radius 1 is 1.36 bits per heavy atom. The second kappa shape index (κ2) is 7.21. The van der Waals surface area contributed by atoms with Gasteiger partial charge in [0.1, 0.15) is 18.5 Å². The van der Waals surface area contributed by atoms with Gasteiger partial charge in [0.05, 0.1) is 12.1 Å². The summed E-state index contributed by atoms with van der Waals surface area (Å²) >= 11 is 0. The maximum absolute atomic E-state index is 14.2. The van der Waals surface area contributed by atoms with E-state index in [9.17, 15) is 9.18 Å². The summed E-state index contributed by atoms with van der Waals surface area (Å²) in [5.41, 5.74) is 0.243. The maximum Gasteiger partial charge on any atom is 0.254 e. The van der Waals surface area contributed by atoms with Gasteiger partial charge in [0.25, 0.3) is 5.91 Å². The molecule has 7 nitrogen and oxygen atoms in total. The third-order valence-corrected chi connectivity index (χ3v) is 3.95. The average Bonchev–Trinajstić information content (AvgIpc) is 3.17. The summed E-state index contributed by atoms with van der Waals surface area (Å²) < 4.78 is 15.8.